The standard InChI is InChI=1S/C8H12N2O2/c1-3-6-12-8(11)7-9-4-5-10(7)2/h4-5H,3,6H2,1-2H3. The van der Waals surface area contributed by atoms with Crippen LogP contribution >= 0.6 is 0 Å². The second-order valence-electron chi connectivity index (χ2n) is 2.50. The van der Waals surface area contributed by atoms with Gasteiger partial charge in [0.25, 0.3) is 0 Å². The highest BCUT2D eigenvalue weighted by atomic mass is 16.5. The highest BCUT2D eigenvalue weighted by Gasteiger charge is 2.10. The molecule has 0 amide bonds. The van der Waals surface area contributed by atoms with E-state index in [1.807, 2.05) is 6.92 Å². The van der Waals surface area contributed by atoms with Gasteiger partial charge in [0.2, 0.25) is 5.82 Å². The zero-order valence-electron chi connectivity index (χ0n) is 7.28. The van der Waals surface area contributed by atoms with Gasteiger partial charge in [0.05, 0.1) is 6.61 Å². The third-order valence-electron chi connectivity index (χ3n) is 1.44. The molecule has 0 fully saturated rings. The van der Waals surface area contributed by atoms with Crippen molar-refractivity contribution in [3.63, 3.8) is 0 Å². The molecular weight excluding hydrogens is 156 g/mol. The second kappa shape index (κ2) is 3.90. The Morgan fingerprint density at radius 2 is 2.50 bits per heavy atom. The van der Waals surface area contributed by atoms with E-state index in [4.69, 9.17) is 4.74 Å². The molecule has 0 aromatic carbocycles. The topological polar surface area (TPSA) is 44.1 Å². The van der Waals surface area contributed by atoms with Gasteiger partial charge in [-0.05, 0) is 6.42 Å². The van der Waals surface area contributed by atoms with E-state index < -0.39 is 0 Å². The number of aromatic nitrogens is 2. The molecule has 1 rings (SSSR count). The first kappa shape index (κ1) is 8.77. The minimum absolute atomic E-state index is 0.350. The lowest BCUT2D eigenvalue weighted by molar-refractivity contribution is 0.0486. The molecule has 1 aromatic heterocycles. The summed E-state index contributed by atoms with van der Waals surface area (Å²) < 4.78 is 6.53. The minimum Gasteiger partial charge on any atom is -0.460 e. The quantitative estimate of drug-likeness (QED) is 0.632. The lowest BCUT2D eigenvalue weighted by Gasteiger charge is -2.01. The summed E-state index contributed by atoms with van der Waals surface area (Å²) in [6.07, 6.45) is 4.11. The molecule has 0 saturated carbocycles. The molecule has 0 atom stereocenters. The number of carbonyl (C=O) groups excluding carboxylic acids is 1. The number of carbonyl (C=O) groups is 1. The van der Waals surface area contributed by atoms with E-state index in [0.717, 1.165) is 6.42 Å². The highest BCUT2D eigenvalue weighted by Crippen LogP contribution is 1.97. The molecule has 0 bridgehead atoms. The Balaban J connectivity index is 2.59. The van der Waals surface area contributed by atoms with Crippen molar-refractivity contribution in [1.82, 2.24) is 9.55 Å². The van der Waals surface area contributed by atoms with Crippen molar-refractivity contribution in [3.05, 3.63) is 18.2 Å². The number of hydrogen-bond acceptors (Lipinski definition) is 3. The fourth-order valence-electron chi connectivity index (χ4n) is 0.822. The van der Waals surface area contributed by atoms with Crippen molar-refractivity contribution in [2.75, 3.05) is 6.61 Å². The molecule has 66 valence electrons. The van der Waals surface area contributed by atoms with Crippen molar-refractivity contribution in [1.29, 1.82) is 0 Å². The first-order chi connectivity index (χ1) is 5.75. The Kier molecular flexibility index (Phi) is 2.85. The van der Waals surface area contributed by atoms with Gasteiger partial charge in [0.1, 0.15) is 0 Å². The predicted octanol–water partition coefficient (Wildman–Crippen LogP) is 0.987. The second-order valence-corrected chi connectivity index (χ2v) is 2.50. The van der Waals surface area contributed by atoms with Crippen LogP contribution in [-0.2, 0) is 11.8 Å². The van der Waals surface area contributed by atoms with Gasteiger partial charge in [-0.25, -0.2) is 9.78 Å². The molecule has 0 spiro atoms. The zero-order valence-corrected chi connectivity index (χ0v) is 7.28. The van der Waals surface area contributed by atoms with Gasteiger partial charge in [-0.3, -0.25) is 0 Å². The summed E-state index contributed by atoms with van der Waals surface area (Å²) in [6.45, 7) is 2.40. The normalized spacial score (nSPS) is 9.83. The van der Waals surface area contributed by atoms with Crippen LogP contribution < -0.4 is 0 Å². The van der Waals surface area contributed by atoms with Crippen molar-refractivity contribution in [2.45, 2.75) is 13.3 Å². The van der Waals surface area contributed by atoms with Gasteiger partial charge >= 0.3 is 5.97 Å². The van der Waals surface area contributed by atoms with Gasteiger partial charge in [-0.2, -0.15) is 0 Å². The summed E-state index contributed by atoms with van der Waals surface area (Å²) in [5.74, 6) is -0.00667. The average molecular weight is 168 g/mol. The Hall–Kier alpha value is -1.32. The van der Waals surface area contributed by atoms with Gasteiger partial charge in [-0.15, -0.1) is 0 Å². The van der Waals surface area contributed by atoms with E-state index in [9.17, 15) is 4.79 Å². The Morgan fingerprint density at radius 1 is 1.75 bits per heavy atom. The number of ether oxygens (including phenoxy) is 1. The number of rotatable bonds is 3. The van der Waals surface area contributed by atoms with E-state index in [0.29, 0.717) is 12.4 Å². The molecule has 1 heterocycles. The Morgan fingerprint density at radius 3 is 3.00 bits per heavy atom. The molecule has 0 saturated heterocycles. The first-order valence-electron chi connectivity index (χ1n) is 3.90. The van der Waals surface area contributed by atoms with Crippen molar-refractivity contribution < 1.29 is 9.53 Å². The van der Waals surface area contributed by atoms with Crippen LogP contribution in [0.5, 0.6) is 0 Å². The molecule has 1 aromatic rings. The molecule has 0 unspecified atom stereocenters. The molecule has 0 aliphatic carbocycles. The largest absolute Gasteiger partial charge is 0.460 e. The summed E-state index contributed by atoms with van der Waals surface area (Å²) in [4.78, 5) is 15.0. The van der Waals surface area contributed by atoms with Crippen LogP contribution in [0.3, 0.4) is 0 Å². The van der Waals surface area contributed by atoms with Crippen molar-refractivity contribution >= 4 is 5.97 Å². The Labute approximate surface area is 71.2 Å². The SMILES string of the molecule is CCCOC(=O)c1nccn1C. The summed E-state index contributed by atoms with van der Waals surface area (Å²) in [5.41, 5.74) is 0. The maximum Gasteiger partial charge on any atom is 0.374 e. The molecule has 0 N–H and O–H groups in total. The monoisotopic (exact) mass is 168 g/mol. The number of esters is 1. The third kappa shape index (κ3) is 1.84. The number of imidazole rings is 1. The molecule has 4 heteroatoms. The molecule has 0 aliphatic heterocycles. The van der Waals surface area contributed by atoms with Crippen LogP contribution in [-0.4, -0.2) is 22.1 Å². The van der Waals surface area contributed by atoms with Crippen LogP contribution in [0.2, 0.25) is 0 Å². The molecular formula is C8H12N2O2. The summed E-state index contributed by atoms with van der Waals surface area (Å²) in [7, 11) is 1.76. The van der Waals surface area contributed by atoms with Gasteiger partial charge in [-0.1, -0.05) is 6.92 Å². The van der Waals surface area contributed by atoms with Gasteiger partial charge < -0.3 is 9.30 Å². The van der Waals surface area contributed by atoms with Crippen molar-refractivity contribution in [3.8, 4) is 0 Å². The first-order valence-corrected chi connectivity index (χ1v) is 3.90. The highest BCUT2D eigenvalue weighted by molar-refractivity contribution is 5.85. The van der Waals surface area contributed by atoms with Crippen LogP contribution in [0.4, 0.5) is 0 Å². The molecule has 0 radical (unpaired) electrons. The maximum absolute atomic E-state index is 11.2. The van der Waals surface area contributed by atoms with E-state index in [1.165, 1.54) is 0 Å². The number of hydrogen-bond donors (Lipinski definition) is 0. The average Bonchev–Trinajstić information content (AvgIpc) is 2.47. The third-order valence-corrected chi connectivity index (χ3v) is 1.44. The van der Waals surface area contributed by atoms with Gasteiger partial charge in [0.15, 0.2) is 0 Å². The predicted molar refractivity (Wildman–Crippen MR) is 43.8 cm³/mol. The molecule has 12 heavy (non-hydrogen) atoms. The Bertz CT molecular complexity index is 268. The summed E-state index contributed by atoms with van der Waals surface area (Å²) >= 11 is 0. The van der Waals surface area contributed by atoms with E-state index in [2.05, 4.69) is 4.98 Å². The van der Waals surface area contributed by atoms with E-state index >= 15 is 0 Å². The zero-order chi connectivity index (χ0) is 8.97. The lowest BCUT2D eigenvalue weighted by atomic mass is 10.5. The lowest BCUT2D eigenvalue weighted by Crippen LogP contribution is -2.11. The summed E-state index contributed by atoms with van der Waals surface area (Å²) in [5, 5.41) is 0. The minimum atomic E-state index is -0.357. The van der Waals surface area contributed by atoms with Crippen LogP contribution in [0.1, 0.15) is 24.0 Å². The number of aryl methyl sites for hydroxylation is 1. The maximum atomic E-state index is 11.2. The van der Waals surface area contributed by atoms with Crippen LogP contribution in [0.25, 0.3) is 0 Å². The van der Waals surface area contributed by atoms with E-state index in [1.54, 1.807) is 24.0 Å². The summed E-state index contributed by atoms with van der Waals surface area (Å²) in [6, 6.07) is 0. The molecule has 0 aliphatic rings. The van der Waals surface area contributed by atoms with Crippen molar-refractivity contribution in [2.24, 2.45) is 7.05 Å². The molecule has 4 nitrogen and oxygen atoms in total. The smallest absolute Gasteiger partial charge is 0.374 e. The van der Waals surface area contributed by atoms with Crippen LogP contribution in [0, 0.1) is 0 Å². The van der Waals surface area contributed by atoms with Gasteiger partial charge in [0, 0.05) is 19.4 Å². The van der Waals surface area contributed by atoms with E-state index in [-0.39, 0.29) is 5.97 Å². The van der Waals surface area contributed by atoms with Crippen LogP contribution in [0.15, 0.2) is 12.4 Å². The fraction of sp³-hybridized carbons (Fsp3) is 0.500. The number of nitrogens with zero attached hydrogens (tertiary/aromatic N) is 2. The fourth-order valence-corrected chi connectivity index (χ4v) is 0.822.